The molecule has 0 saturated carbocycles. The minimum atomic E-state index is -0.806. The van der Waals surface area contributed by atoms with Gasteiger partial charge in [0, 0.05) is 17.8 Å². The van der Waals surface area contributed by atoms with Crippen LogP contribution in [0.4, 0.5) is 4.79 Å². The largest absolute Gasteiger partial charge is 0.513 e. The van der Waals surface area contributed by atoms with Crippen molar-refractivity contribution in [3.05, 3.63) is 29.7 Å². The normalized spacial score (nSPS) is 10.2. The number of nitrogens with zero attached hydrogens (tertiary/aromatic N) is 2. The lowest BCUT2D eigenvalue weighted by molar-refractivity contribution is 0.104. The van der Waals surface area contributed by atoms with E-state index >= 15 is 0 Å². The topological polar surface area (TPSA) is 61.3 Å². The molecular weight excluding hydrogens is 244 g/mol. The number of hydrogen-bond acceptors (Lipinski definition) is 5. The fraction of sp³-hybridized carbons (Fsp3) is 0.182. The molecule has 0 amide bonds. The second-order valence-corrected chi connectivity index (χ2v) is 3.49. The van der Waals surface area contributed by atoms with Crippen LogP contribution in [0, 0.1) is 0 Å². The molecule has 2 heterocycles. The van der Waals surface area contributed by atoms with Crippen LogP contribution in [0.1, 0.15) is 6.92 Å². The summed E-state index contributed by atoms with van der Waals surface area (Å²) in [6.07, 6.45) is 3.74. The molecule has 0 aliphatic carbocycles. The van der Waals surface area contributed by atoms with Crippen molar-refractivity contribution in [2.75, 3.05) is 6.61 Å². The lowest BCUT2D eigenvalue weighted by Gasteiger charge is -2.07. The van der Waals surface area contributed by atoms with Gasteiger partial charge in [0.1, 0.15) is 0 Å². The lowest BCUT2D eigenvalue weighted by atomic mass is 10.2. The second kappa shape index (κ2) is 4.97. The van der Waals surface area contributed by atoms with E-state index in [1.165, 1.54) is 6.20 Å². The van der Waals surface area contributed by atoms with Crippen LogP contribution in [-0.4, -0.2) is 22.7 Å². The Hall–Kier alpha value is -1.88. The first-order chi connectivity index (χ1) is 8.22. The molecule has 2 aromatic rings. The molecule has 17 heavy (non-hydrogen) atoms. The minimum absolute atomic E-state index is 0.158. The zero-order valence-electron chi connectivity index (χ0n) is 9.01. The number of aromatic nitrogens is 2. The highest BCUT2D eigenvalue weighted by Gasteiger charge is 2.12. The third kappa shape index (κ3) is 2.45. The fourth-order valence-electron chi connectivity index (χ4n) is 1.29. The van der Waals surface area contributed by atoms with Crippen molar-refractivity contribution < 1.29 is 14.3 Å². The number of fused-ring (bicyclic) bond motifs is 1. The third-order valence-electron chi connectivity index (χ3n) is 2.03. The van der Waals surface area contributed by atoms with Crippen molar-refractivity contribution in [2.24, 2.45) is 0 Å². The molecule has 0 aromatic carbocycles. The van der Waals surface area contributed by atoms with E-state index in [4.69, 9.17) is 16.3 Å². The van der Waals surface area contributed by atoms with E-state index in [0.717, 1.165) is 0 Å². The highest BCUT2D eigenvalue weighted by atomic mass is 35.5. The van der Waals surface area contributed by atoms with Gasteiger partial charge in [-0.2, -0.15) is 0 Å². The van der Waals surface area contributed by atoms with Gasteiger partial charge in [0.05, 0.1) is 23.3 Å². The minimum Gasteiger partial charge on any atom is -0.434 e. The molecule has 0 unspecified atom stereocenters. The smallest absolute Gasteiger partial charge is 0.434 e. The van der Waals surface area contributed by atoms with E-state index in [1.54, 1.807) is 25.4 Å². The van der Waals surface area contributed by atoms with Crippen molar-refractivity contribution in [3.63, 3.8) is 0 Å². The SMILES string of the molecule is CCOC(=O)Oc1cnc2ccncc2c1Cl. The Morgan fingerprint density at radius 3 is 3.06 bits per heavy atom. The fourth-order valence-corrected chi connectivity index (χ4v) is 1.53. The monoisotopic (exact) mass is 252 g/mol. The van der Waals surface area contributed by atoms with Gasteiger partial charge in [0.15, 0.2) is 5.75 Å². The molecular formula is C11H9ClN2O3. The highest BCUT2D eigenvalue weighted by Crippen LogP contribution is 2.30. The van der Waals surface area contributed by atoms with Gasteiger partial charge < -0.3 is 9.47 Å². The van der Waals surface area contributed by atoms with Gasteiger partial charge >= 0.3 is 6.16 Å². The van der Waals surface area contributed by atoms with Crippen LogP contribution in [0.25, 0.3) is 10.9 Å². The molecule has 0 radical (unpaired) electrons. The van der Waals surface area contributed by atoms with E-state index in [1.807, 2.05) is 0 Å². The van der Waals surface area contributed by atoms with Crippen molar-refractivity contribution >= 4 is 28.7 Å². The van der Waals surface area contributed by atoms with Crippen molar-refractivity contribution in [3.8, 4) is 5.75 Å². The Kier molecular flexibility index (Phi) is 3.39. The molecule has 0 aliphatic rings. The quantitative estimate of drug-likeness (QED) is 0.769. The number of carbonyl (C=O) groups excluding carboxylic acids is 1. The summed E-state index contributed by atoms with van der Waals surface area (Å²) in [5, 5.41) is 0.909. The standard InChI is InChI=1S/C11H9ClN2O3/c1-2-16-11(15)17-9-6-14-8-3-4-13-5-7(8)10(9)12/h3-6H,2H2,1H3. The molecule has 0 bridgehead atoms. The average molecular weight is 253 g/mol. The van der Waals surface area contributed by atoms with E-state index in [-0.39, 0.29) is 17.4 Å². The molecule has 2 rings (SSSR count). The number of ether oxygens (including phenoxy) is 2. The van der Waals surface area contributed by atoms with Gasteiger partial charge in [-0.15, -0.1) is 0 Å². The Bertz CT molecular complexity index is 559. The number of hydrogen-bond donors (Lipinski definition) is 0. The molecule has 0 aliphatic heterocycles. The maximum Gasteiger partial charge on any atom is 0.513 e. The van der Waals surface area contributed by atoms with Crippen molar-refractivity contribution in [1.82, 2.24) is 9.97 Å². The summed E-state index contributed by atoms with van der Waals surface area (Å²) in [6, 6.07) is 1.72. The molecule has 0 N–H and O–H groups in total. The van der Waals surface area contributed by atoms with Crippen LogP contribution >= 0.6 is 11.6 Å². The Balaban J connectivity index is 2.36. The van der Waals surface area contributed by atoms with Crippen LogP contribution in [0.5, 0.6) is 5.75 Å². The van der Waals surface area contributed by atoms with E-state index in [2.05, 4.69) is 14.7 Å². The maximum atomic E-state index is 11.2. The van der Waals surface area contributed by atoms with Gasteiger partial charge in [-0.25, -0.2) is 4.79 Å². The molecule has 88 valence electrons. The summed E-state index contributed by atoms with van der Waals surface area (Å²) in [7, 11) is 0. The van der Waals surface area contributed by atoms with Crippen LogP contribution < -0.4 is 4.74 Å². The summed E-state index contributed by atoms with van der Waals surface area (Å²) < 4.78 is 9.56. The summed E-state index contributed by atoms with van der Waals surface area (Å²) in [4.78, 5) is 19.2. The zero-order valence-corrected chi connectivity index (χ0v) is 9.77. The van der Waals surface area contributed by atoms with Gasteiger partial charge in [0.25, 0.3) is 0 Å². The third-order valence-corrected chi connectivity index (χ3v) is 2.42. The summed E-state index contributed by atoms with van der Waals surface area (Å²) in [5.41, 5.74) is 0.682. The van der Waals surface area contributed by atoms with E-state index < -0.39 is 6.16 Å². The predicted molar refractivity (Wildman–Crippen MR) is 62.2 cm³/mol. The van der Waals surface area contributed by atoms with Gasteiger partial charge in [-0.1, -0.05) is 11.6 Å². The number of rotatable bonds is 2. The van der Waals surface area contributed by atoms with Gasteiger partial charge in [0.2, 0.25) is 0 Å². The first-order valence-electron chi connectivity index (χ1n) is 4.95. The number of carbonyl (C=O) groups is 1. The van der Waals surface area contributed by atoms with E-state index in [0.29, 0.717) is 10.9 Å². The summed E-state index contributed by atoms with van der Waals surface area (Å²) >= 11 is 6.07. The summed E-state index contributed by atoms with van der Waals surface area (Å²) in [5.74, 6) is 0.158. The second-order valence-electron chi connectivity index (χ2n) is 3.11. The van der Waals surface area contributed by atoms with Crippen LogP contribution in [0.2, 0.25) is 5.02 Å². The first-order valence-corrected chi connectivity index (χ1v) is 5.33. The van der Waals surface area contributed by atoms with Crippen molar-refractivity contribution in [2.45, 2.75) is 6.92 Å². The Morgan fingerprint density at radius 2 is 2.29 bits per heavy atom. The van der Waals surface area contributed by atoms with Crippen LogP contribution in [0.15, 0.2) is 24.7 Å². The molecule has 6 heteroatoms. The van der Waals surface area contributed by atoms with Crippen LogP contribution in [-0.2, 0) is 4.74 Å². The predicted octanol–water partition coefficient (Wildman–Crippen LogP) is 2.82. The Morgan fingerprint density at radius 1 is 1.47 bits per heavy atom. The highest BCUT2D eigenvalue weighted by molar-refractivity contribution is 6.36. The maximum absolute atomic E-state index is 11.2. The number of halogens is 1. The van der Waals surface area contributed by atoms with Crippen molar-refractivity contribution in [1.29, 1.82) is 0 Å². The molecule has 0 saturated heterocycles. The molecule has 5 nitrogen and oxygen atoms in total. The Labute approximate surface area is 102 Å². The molecule has 2 aromatic heterocycles. The summed E-state index contributed by atoms with van der Waals surface area (Å²) in [6.45, 7) is 1.92. The van der Waals surface area contributed by atoms with Gasteiger partial charge in [-0.3, -0.25) is 9.97 Å². The van der Waals surface area contributed by atoms with Gasteiger partial charge in [-0.05, 0) is 13.0 Å². The number of pyridine rings is 2. The zero-order chi connectivity index (χ0) is 12.3. The molecule has 0 atom stereocenters. The molecule has 0 spiro atoms. The average Bonchev–Trinajstić information content (AvgIpc) is 2.33. The van der Waals surface area contributed by atoms with E-state index in [9.17, 15) is 4.79 Å². The first kappa shape index (κ1) is 11.6. The van der Waals surface area contributed by atoms with Crippen LogP contribution in [0.3, 0.4) is 0 Å². The lowest BCUT2D eigenvalue weighted by Crippen LogP contribution is -2.10. The molecule has 0 fully saturated rings.